The third-order valence-electron chi connectivity index (χ3n) is 5.62. The molecule has 1 aromatic carbocycles. The lowest BCUT2D eigenvalue weighted by atomic mass is 9.60. The van der Waals surface area contributed by atoms with Gasteiger partial charge in [0, 0.05) is 16.9 Å². The predicted octanol–water partition coefficient (Wildman–Crippen LogP) is 4.42. The maximum Gasteiger partial charge on any atom is 0.231 e. The van der Waals surface area contributed by atoms with Crippen molar-refractivity contribution in [2.45, 2.75) is 52.4 Å². The van der Waals surface area contributed by atoms with Crippen LogP contribution in [-0.4, -0.2) is 16.7 Å². The molecule has 0 bridgehead atoms. The predicted molar refractivity (Wildman–Crippen MR) is 85.1 cm³/mol. The molecule has 1 aliphatic heterocycles. The van der Waals surface area contributed by atoms with Gasteiger partial charge in [0.2, 0.25) is 6.79 Å². The van der Waals surface area contributed by atoms with Crippen molar-refractivity contribution in [3.05, 3.63) is 23.4 Å². The molecule has 1 aromatic heterocycles. The second kappa shape index (κ2) is 3.92. The van der Waals surface area contributed by atoms with Crippen LogP contribution in [-0.2, 0) is 5.41 Å². The molecule has 2 aromatic rings. The molecule has 0 spiro atoms. The van der Waals surface area contributed by atoms with E-state index in [1.54, 1.807) is 0 Å². The summed E-state index contributed by atoms with van der Waals surface area (Å²) in [6.07, 6.45) is 1.04. The zero-order valence-corrected chi connectivity index (χ0v) is 13.9. The zero-order valence-electron chi connectivity index (χ0n) is 13.9. The number of hydrogen-bond acceptors (Lipinski definition) is 3. The number of rotatable bonds is 0. The minimum atomic E-state index is -0.0781. The Balaban J connectivity index is 2.10. The first-order chi connectivity index (χ1) is 10.2. The minimum Gasteiger partial charge on any atom is -0.454 e. The van der Waals surface area contributed by atoms with Crippen LogP contribution in [0.5, 0.6) is 11.5 Å². The SMILES string of the molecule is CC1c2c(n(O)c3cc4c(cc23)OCO4)C(C)(C)CC1(C)C. The molecule has 1 atom stereocenters. The van der Waals surface area contributed by atoms with E-state index in [4.69, 9.17) is 9.47 Å². The maximum atomic E-state index is 10.8. The highest BCUT2D eigenvalue weighted by molar-refractivity contribution is 5.90. The Kier molecular flexibility index (Phi) is 2.46. The van der Waals surface area contributed by atoms with Crippen molar-refractivity contribution in [3.63, 3.8) is 0 Å². The lowest BCUT2D eigenvalue weighted by Gasteiger charge is -2.45. The molecule has 4 heteroatoms. The molecule has 4 nitrogen and oxygen atoms in total. The molecular formula is C18H23NO3. The molecule has 1 aliphatic carbocycles. The molecule has 0 saturated carbocycles. The van der Waals surface area contributed by atoms with E-state index in [2.05, 4.69) is 34.6 Å². The quantitative estimate of drug-likeness (QED) is 0.733. The highest BCUT2D eigenvalue weighted by atomic mass is 16.7. The molecular weight excluding hydrogens is 278 g/mol. The number of aromatic nitrogens is 1. The van der Waals surface area contributed by atoms with Crippen molar-refractivity contribution in [1.82, 2.24) is 4.73 Å². The third-order valence-corrected chi connectivity index (χ3v) is 5.62. The third kappa shape index (κ3) is 1.58. The number of hydrogen-bond donors (Lipinski definition) is 1. The maximum absolute atomic E-state index is 10.8. The van der Waals surface area contributed by atoms with Crippen LogP contribution in [0.25, 0.3) is 10.9 Å². The summed E-state index contributed by atoms with van der Waals surface area (Å²) in [6, 6.07) is 3.92. The zero-order chi connectivity index (χ0) is 15.9. The summed E-state index contributed by atoms with van der Waals surface area (Å²) in [6.45, 7) is 11.6. The molecule has 0 saturated heterocycles. The molecule has 0 fully saturated rings. The van der Waals surface area contributed by atoms with E-state index in [0.29, 0.717) is 11.7 Å². The van der Waals surface area contributed by atoms with Crippen LogP contribution in [0.4, 0.5) is 0 Å². The minimum absolute atomic E-state index is 0.0781. The topological polar surface area (TPSA) is 43.6 Å². The molecule has 0 radical (unpaired) electrons. The Morgan fingerprint density at radius 2 is 1.77 bits per heavy atom. The van der Waals surface area contributed by atoms with Gasteiger partial charge < -0.3 is 14.7 Å². The van der Waals surface area contributed by atoms with Crippen LogP contribution in [0.3, 0.4) is 0 Å². The van der Waals surface area contributed by atoms with E-state index in [-0.39, 0.29) is 17.6 Å². The molecule has 1 N–H and O–H groups in total. The number of ether oxygens (including phenoxy) is 2. The van der Waals surface area contributed by atoms with E-state index in [1.807, 2.05) is 12.1 Å². The van der Waals surface area contributed by atoms with Gasteiger partial charge in [0.15, 0.2) is 11.5 Å². The van der Waals surface area contributed by atoms with Crippen LogP contribution in [0.2, 0.25) is 0 Å². The van der Waals surface area contributed by atoms with E-state index in [9.17, 15) is 5.21 Å². The summed E-state index contributed by atoms with van der Waals surface area (Å²) in [4.78, 5) is 0. The Bertz CT molecular complexity index is 785. The highest BCUT2D eigenvalue weighted by Crippen LogP contribution is 2.55. The summed E-state index contributed by atoms with van der Waals surface area (Å²) in [5, 5.41) is 11.9. The number of benzene rings is 1. The lowest BCUT2D eigenvalue weighted by molar-refractivity contribution is 0.134. The molecule has 118 valence electrons. The summed E-state index contributed by atoms with van der Waals surface area (Å²) < 4.78 is 12.4. The normalized spacial score (nSPS) is 24.5. The van der Waals surface area contributed by atoms with E-state index < -0.39 is 0 Å². The first kappa shape index (κ1) is 13.8. The van der Waals surface area contributed by atoms with Crippen LogP contribution < -0.4 is 9.47 Å². The second-order valence-electron chi connectivity index (χ2n) is 8.07. The first-order valence-electron chi connectivity index (χ1n) is 7.90. The van der Waals surface area contributed by atoms with Gasteiger partial charge in [-0.15, -0.1) is 0 Å². The fourth-order valence-corrected chi connectivity index (χ4v) is 4.54. The summed E-state index contributed by atoms with van der Waals surface area (Å²) in [7, 11) is 0. The van der Waals surface area contributed by atoms with Gasteiger partial charge in [0.25, 0.3) is 0 Å². The van der Waals surface area contributed by atoms with Crippen molar-refractivity contribution in [2.75, 3.05) is 6.79 Å². The van der Waals surface area contributed by atoms with Crippen LogP contribution in [0.1, 0.15) is 58.2 Å². The molecule has 0 amide bonds. The van der Waals surface area contributed by atoms with Crippen LogP contribution in [0.15, 0.2) is 12.1 Å². The van der Waals surface area contributed by atoms with Gasteiger partial charge >= 0.3 is 0 Å². The summed E-state index contributed by atoms with van der Waals surface area (Å²) in [5.41, 5.74) is 3.19. The first-order valence-corrected chi connectivity index (χ1v) is 7.90. The molecule has 1 unspecified atom stereocenters. The standard InChI is InChI=1S/C18H23NO3/c1-10-15-11-6-13-14(22-9-21-13)7-12(11)19(20)16(15)18(4,5)8-17(10,2)3/h6-7,10,20H,8-9H2,1-5H3. The Labute approximate surface area is 130 Å². The van der Waals surface area contributed by atoms with E-state index >= 15 is 0 Å². The fraction of sp³-hybridized carbons (Fsp3) is 0.556. The van der Waals surface area contributed by atoms with Crippen molar-refractivity contribution in [3.8, 4) is 11.5 Å². The van der Waals surface area contributed by atoms with Crippen molar-refractivity contribution in [1.29, 1.82) is 0 Å². The molecule has 2 aliphatic rings. The van der Waals surface area contributed by atoms with E-state index in [0.717, 1.165) is 28.8 Å². The van der Waals surface area contributed by atoms with Crippen molar-refractivity contribution in [2.24, 2.45) is 5.41 Å². The molecule has 2 heterocycles. The smallest absolute Gasteiger partial charge is 0.231 e. The largest absolute Gasteiger partial charge is 0.454 e. The molecule has 22 heavy (non-hydrogen) atoms. The fourth-order valence-electron chi connectivity index (χ4n) is 4.54. The summed E-state index contributed by atoms with van der Waals surface area (Å²) >= 11 is 0. The van der Waals surface area contributed by atoms with Crippen molar-refractivity contribution >= 4 is 10.9 Å². The van der Waals surface area contributed by atoms with Gasteiger partial charge in [-0.1, -0.05) is 34.6 Å². The van der Waals surface area contributed by atoms with Gasteiger partial charge in [-0.25, -0.2) is 0 Å². The Hall–Kier alpha value is -1.84. The second-order valence-corrected chi connectivity index (χ2v) is 8.07. The summed E-state index contributed by atoms with van der Waals surface area (Å²) in [5.74, 6) is 1.85. The van der Waals surface area contributed by atoms with Gasteiger partial charge in [0.1, 0.15) is 0 Å². The van der Waals surface area contributed by atoms with Gasteiger partial charge in [-0.2, -0.15) is 4.73 Å². The highest BCUT2D eigenvalue weighted by Gasteiger charge is 2.46. The van der Waals surface area contributed by atoms with E-state index in [1.165, 1.54) is 10.3 Å². The number of nitrogens with zero attached hydrogens (tertiary/aromatic N) is 1. The number of fused-ring (bicyclic) bond motifs is 4. The Morgan fingerprint density at radius 3 is 2.45 bits per heavy atom. The van der Waals surface area contributed by atoms with Crippen LogP contribution in [0, 0.1) is 5.41 Å². The van der Waals surface area contributed by atoms with Gasteiger partial charge in [-0.3, -0.25) is 0 Å². The monoisotopic (exact) mass is 301 g/mol. The Morgan fingerprint density at radius 1 is 1.14 bits per heavy atom. The average molecular weight is 301 g/mol. The van der Waals surface area contributed by atoms with Crippen molar-refractivity contribution < 1.29 is 14.7 Å². The lowest BCUT2D eigenvalue weighted by Crippen LogP contribution is -2.38. The molecule has 4 rings (SSSR count). The van der Waals surface area contributed by atoms with Crippen LogP contribution >= 0.6 is 0 Å². The van der Waals surface area contributed by atoms with Gasteiger partial charge in [0.05, 0.1) is 11.2 Å². The average Bonchev–Trinajstić information content (AvgIpc) is 2.96. The van der Waals surface area contributed by atoms with Gasteiger partial charge in [-0.05, 0) is 29.4 Å².